The van der Waals surface area contributed by atoms with Crippen LogP contribution in [0, 0.1) is 6.92 Å². The Morgan fingerprint density at radius 2 is 1.92 bits per heavy atom. The highest BCUT2D eigenvalue weighted by atomic mass is 16.5. The van der Waals surface area contributed by atoms with Crippen molar-refractivity contribution in [3.05, 3.63) is 29.7 Å². The van der Waals surface area contributed by atoms with E-state index in [2.05, 4.69) is 18.7 Å². The molecule has 0 N–H and O–H groups in total. The van der Waals surface area contributed by atoms with Crippen LogP contribution in [-0.4, -0.2) is 50.4 Å². The smallest absolute Gasteiger partial charge is 0.230 e. The van der Waals surface area contributed by atoms with Gasteiger partial charge in [0, 0.05) is 26.2 Å². The molecule has 2 aromatic rings. The van der Waals surface area contributed by atoms with Crippen molar-refractivity contribution in [2.75, 3.05) is 34.5 Å². The van der Waals surface area contributed by atoms with Gasteiger partial charge in [0.05, 0.1) is 32.1 Å². The van der Waals surface area contributed by atoms with E-state index in [4.69, 9.17) is 23.6 Å². The van der Waals surface area contributed by atoms with Gasteiger partial charge in [-0.15, -0.1) is 0 Å². The van der Waals surface area contributed by atoms with Gasteiger partial charge in [0.25, 0.3) is 0 Å². The molecule has 1 aromatic carbocycles. The molecule has 6 nitrogen and oxygen atoms in total. The van der Waals surface area contributed by atoms with Gasteiger partial charge >= 0.3 is 0 Å². The number of rotatable bonds is 9. The molecule has 0 aliphatic carbocycles. The zero-order valence-corrected chi connectivity index (χ0v) is 16.0. The van der Waals surface area contributed by atoms with Crippen LogP contribution in [0.4, 0.5) is 0 Å². The van der Waals surface area contributed by atoms with Gasteiger partial charge in [0.2, 0.25) is 5.89 Å². The lowest BCUT2D eigenvalue weighted by Gasteiger charge is -2.25. The van der Waals surface area contributed by atoms with Gasteiger partial charge in [-0.3, -0.25) is 4.90 Å². The second-order valence-corrected chi connectivity index (χ2v) is 6.12. The molecule has 0 spiro atoms. The number of benzene rings is 1. The fourth-order valence-electron chi connectivity index (χ4n) is 2.67. The van der Waals surface area contributed by atoms with Crippen LogP contribution < -0.4 is 9.47 Å². The van der Waals surface area contributed by atoms with Crippen LogP contribution in [0.3, 0.4) is 0 Å². The number of methoxy groups -OCH3 is 3. The average molecular weight is 348 g/mol. The van der Waals surface area contributed by atoms with E-state index in [1.807, 2.05) is 25.1 Å². The maximum Gasteiger partial charge on any atom is 0.230 e. The summed E-state index contributed by atoms with van der Waals surface area (Å²) in [6.45, 7) is 8.51. The molecule has 138 valence electrons. The summed E-state index contributed by atoms with van der Waals surface area (Å²) in [4.78, 5) is 7.02. The summed E-state index contributed by atoms with van der Waals surface area (Å²) < 4.78 is 22.0. The Kier molecular flexibility index (Phi) is 6.84. The summed E-state index contributed by atoms with van der Waals surface area (Å²) in [5.74, 6) is 2.63. The van der Waals surface area contributed by atoms with E-state index in [0.717, 1.165) is 23.6 Å². The Balaban J connectivity index is 2.31. The largest absolute Gasteiger partial charge is 0.493 e. The molecular weight excluding hydrogens is 320 g/mol. The van der Waals surface area contributed by atoms with E-state index < -0.39 is 0 Å². The maximum absolute atomic E-state index is 5.92. The molecule has 0 aliphatic heterocycles. The number of ether oxygens (including phenoxy) is 3. The predicted molar refractivity (Wildman–Crippen MR) is 97.2 cm³/mol. The molecule has 0 bridgehead atoms. The number of oxazole rings is 1. The second kappa shape index (κ2) is 8.87. The first-order valence-electron chi connectivity index (χ1n) is 8.42. The van der Waals surface area contributed by atoms with Crippen LogP contribution in [-0.2, 0) is 11.3 Å². The van der Waals surface area contributed by atoms with E-state index in [0.29, 0.717) is 36.6 Å². The fourth-order valence-corrected chi connectivity index (χ4v) is 2.67. The molecule has 1 aromatic heterocycles. The average Bonchev–Trinajstić information content (AvgIpc) is 2.97. The van der Waals surface area contributed by atoms with Crippen molar-refractivity contribution in [1.29, 1.82) is 0 Å². The van der Waals surface area contributed by atoms with Crippen molar-refractivity contribution in [3.63, 3.8) is 0 Å². The number of hydrogen-bond donors (Lipinski definition) is 0. The first-order valence-corrected chi connectivity index (χ1v) is 8.42. The van der Waals surface area contributed by atoms with Crippen molar-refractivity contribution in [3.8, 4) is 23.0 Å². The molecule has 0 amide bonds. The van der Waals surface area contributed by atoms with Gasteiger partial charge < -0.3 is 18.6 Å². The minimum atomic E-state index is 0.390. The van der Waals surface area contributed by atoms with Crippen molar-refractivity contribution in [1.82, 2.24) is 9.88 Å². The third-order valence-electron chi connectivity index (χ3n) is 4.19. The highest BCUT2D eigenvalue weighted by Crippen LogP contribution is 2.38. The highest BCUT2D eigenvalue weighted by Gasteiger charge is 2.20. The molecule has 6 heteroatoms. The van der Waals surface area contributed by atoms with Crippen molar-refractivity contribution >= 4 is 0 Å². The van der Waals surface area contributed by atoms with Crippen LogP contribution >= 0.6 is 0 Å². The monoisotopic (exact) mass is 348 g/mol. The van der Waals surface area contributed by atoms with Crippen LogP contribution in [0.2, 0.25) is 0 Å². The molecule has 0 atom stereocenters. The Bertz CT molecular complexity index is 682. The predicted octanol–water partition coefficient (Wildman–Crippen LogP) is 3.52. The molecular formula is C19H28N2O4. The lowest BCUT2D eigenvalue weighted by atomic mass is 10.2. The Morgan fingerprint density at radius 3 is 2.52 bits per heavy atom. The van der Waals surface area contributed by atoms with E-state index in [1.165, 1.54) is 0 Å². The number of nitrogens with zero attached hydrogens (tertiary/aromatic N) is 2. The van der Waals surface area contributed by atoms with Gasteiger partial charge in [-0.1, -0.05) is 6.07 Å². The topological polar surface area (TPSA) is 57.0 Å². The highest BCUT2D eigenvalue weighted by molar-refractivity contribution is 5.68. The molecule has 25 heavy (non-hydrogen) atoms. The van der Waals surface area contributed by atoms with Crippen molar-refractivity contribution < 1.29 is 18.6 Å². The second-order valence-electron chi connectivity index (χ2n) is 6.12. The van der Waals surface area contributed by atoms with Crippen LogP contribution in [0.15, 0.2) is 22.6 Å². The van der Waals surface area contributed by atoms with Crippen LogP contribution in [0.25, 0.3) is 11.5 Å². The van der Waals surface area contributed by atoms with E-state index in [9.17, 15) is 0 Å². The fraction of sp³-hybridized carbons (Fsp3) is 0.526. The SMILES string of the molecule is COCCN(Cc1nc(-c2cccc(OC)c2OC)oc1C)C(C)C. The van der Waals surface area contributed by atoms with Gasteiger partial charge in [0.15, 0.2) is 11.5 Å². The van der Waals surface area contributed by atoms with Gasteiger partial charge in [-0.2, -0.15) is 0 Å². The Labute approximate surface area is 149 Å². The third-order valence-corrected chi connectivity index (χ3v) is 4.19. The lowest BCUT2D eigenvalue weighted by molar-refractivity contribution is 0.124. The Morgan fingerprint density at radius 1 is 1.16 bits per heavy atom. The quantitative estimate of drug-likeness (QED) is 0.691. The molecule has 0 unspecified atom stereocenters. The summed E-state index contributed by atoms with van der Waals surface area (Å²) in [6.07, 6.45) is 0. The first-order chi connectivity index (χ1) is 12.0. The van der Waals surface area contributed by atoms with Crippen LogP contribution in [0.5, 0.6) is 11.5 Å². The van der Waals surface area contributed by atoms with Crippen molar-refractivity contribution in [2.24, 2.45) is 0 Å². The number of aryl methyl sites for hydroxylation is 1. The van der Waals surface area contributed by atoms with Gasteiger partial charge in [0.1, 0.15) is 5.76 Å². The standard InChI is InChI=1S/C19H28N2O4/c1-13(2)21(10-11-22-4)12-16-14(3)25-19(20-16)15-8-7-9-17(23-5)18(15)24-6/h7-9,13H,10-12H2,1-6H3. The summed E-state index contributed by atoms with van der Waals surface area (Å²) in [7, 11) is 4.94. The molecule has 0 fully saturated rings. The number of para-hydroxylation sites is 1. The Hall–Kier alpha value is -2.05. The minimum Gasteiger partial charge on any atom is -0.493 e. The lowest BCUT2D eigenvalue weighted by Crippen LogP contribution is -2.33. The van der Waals surface area contributed by atoms with Gasteiger partial charge in [-0.05, 0) is 32.9 Å². The third kappa shape index (κ3) is 4.52. The summed E-state index contributed by atoms with van der Waals surface area (Å²) in [6, 6.07) is 6.06. The minimum absolute atomic E-state index is 0.390. The van der Waals surface area contributed by atoms with Gasteiger partial charge in [-0.25, -0.2) is 4.98 Å². The summed E-state index contributed by atoms with van der Waals surface area (Å²) >= 11 is 0. The molecule has 0 radical (unpaired) electrons. The number of hydrogen-bond acceptors (Lipinski definition) is 6. The first kappa shape index (κ1) is 19.3. The zero-order valence-electron chi connectivity index (χ0n) is 16.0. The zero-order chi connectivity index (χ0) is 18.4. The molecule has 1 heterocycles. The summed E-state index contributed by atoms with van der Waals surface area (Å²) in [5, 5.41) is 0. The molecule has 0 saturated heterocycles. The van der Waals surface area contributed by atoms with Crippen molar-refractivity contribution in [2.45, 2.75) is 33.4 Å². The van der Waals surface area contributed by atoms with E-state index in [-0.39, 0.29) is 0 Å². The number of aromatic nitrogens is 1. The molecule has 0 saturated carbocycles. The molecule has 2 rings (SSSR count). The van der Waals surface area contributed by atoms with E-state index in [1.54, 1.807) is 21.3 Å². The molecule has 0 aliphatic rings. The maximum atomic E-state index is 5.92. The summed E-state index contributed by atoms with van der Waals surface area (Å²) in [5.41, 5.74) is 1.70. The van der Waals surface area contributed by atoms with Crippen LogP contribution in [0.1, 0.15) is 25.3 Å². The van der Waals surface area contributed by atoms with E-state index >= 15 is 0 Å². The normalized spacial score (nSPS) is 11.4.